The Labute approximate surface area is 230 Å². The van der Waals surface area contributed by atoms with E-state index in [1.807, 2.05) is 0 Å². The van der Waals surface area contributed by atoms with Crippen LogP contribution in [0.2, 0.25) is 10.0 Å². The van der Waals surface area contributed by atoms with Crippen molar-refractivity contribution in [1.82, 2.24) is 9.29 Å². The Balaban J connectivity index is 1.55. The standard InChI is InChI=1S/C28H22Cl2FN3O3S/c29-23-5-4-22(27(30)17-23)19-34(18-21-1-6-24(31)7-2-21)38(36,37)26-10-8-25(9-11-26)33-28(35)12-3-20-13-15-32-16-14-20/h1-17H,18-19H2,(H,33,35)/b12-3+. The molecular weight excluding hydrogens is 548 g/mol. The Morgan fingerprint density at radius 3 is 2.26 bits per heavy atom. The number of halogens is 3. The first-order valence-electron chi connectivity index (χ1n) is 11.4. The van der Waals surface area contributed by atoms with Gasteiger partial charge in [0.15, 0.2) is 0 Å². The Morgan fingerprint density at radius 2 is 1.61 bits per heavy atom. The predicted molar refractivity (Wildman–Crippen MR) is 148 cm³/mol. The first kappa shape index (κ1) is 27.5. The molecule has 3 aromatic carbocycles. The average Bonchev–Trinajstić information content (AvgIpc) is 2.90. The second kappa shape index (κ2) is 12.3. The summed E-state index contributed by atoms with van der Waals surface area (Å²) in [5, 5.41) is 3.46. The molecular formula is C28H22Cl2FN3O3S. The molecule has 4 rings (SSSR count). The second-order valence-corrected chi connectivity index (χ2v) is 11.0. The van der Waals surface area contributed by atoms with E-state index in [0.29, 0.717) is 26.9 Å². The third-order valence-electron chi connectivity index (χ3n) is 5.53. The van der Waals surface area contributed by atoms with Crippen LogP contribution in [0.5, 0.6) is 0 Å². The van der Waals surface area contributed by atoms with E-state index in [2.05, 4.69) is 10.3 Å². The van der Waals surface area contributed by atoms with Crippen molar-refractivity contribution in [2.45, 2.75) is 18.0 Å². The molecule has 0 aliphatic carbocycles. The summed E-state index contributed by atoms with van der Waals surface area (Å²) in [4.78, 5) is 16.2. The Hall–Kier alpha value is -3.56. The topological polar surface area (TPSA) is 79.4 Å². The number of rotatable bonds is 9. The number of pyridine rings is 1. The van der Waals surface area contributed by atoms with Gasteiger partial charge in [-0.15, -0.1) is 0 Å². The zero-order valence-corrected chi connectivity index (χ0v) is 22.2. The van der Waals surface area contributed by atoms with Crippen LogP contribution in [-0.2, 0) is 27.9 Å². The first-order valence-corrected chi connectivity index (χ1v) is 13.6. The van der Waals surface area contributed by atoms with Gasteiger partial charge in [0, 0.05) is 47.3 Å². The number of nitrogens with one attached hydrogen (secondary N) is 1. The van der Waals surface area contributed by atoms with Crippen LogP contribution in [-0.4, -0.2) is 23.6 Å². The van der Waals surface area contributed by atoms with E-state index in [0.717, 1.165) is 5.56 Å². The van der Waals surface area contributed by atoms with Crippen molar-refractivity contribution in [3.63, 3.8) is 0 Å². The second-order valence-electron chi connectivity index (χ2n) is 8.26. The van der Waals surface area contributed by atoms with Gasteiger partial charge in [0.25, 0.3) is 0 Å². The van der Waals surface area contributed by atoms with Crippen molar-refractivity contribution in [2.75, 3.05) is 5.32 Å². The number of hydrogen-bond donors (Lipinski definition) is 1. The van der Waals surface area contributed by atoms with Gasteiger partial charge in [0.05, 0.1) is 4.90 Å². The number of carbonyl (C=O) groups excluding carboxylic acids is 1. The van der Waals surface area contributed by atoms with Crippen molar-refractivity contribution in [1.29, 1.82) is 0 Å². The van der Waals surface area contributed by atoms with Gasteiger partial charge < -0.3 is 5.32 Å². The molecule has 1 amide bonds. The van der Waals surface area contributed by atoms with Gasteiger partial charge in [-0.2, -0.15) is 4.31 Å². The third-order valence-corrected chi connectivity index (χ3v) is 7.92. The molecule has 0 atom stereocenters. The van der Waals surface area contributed by atoms with E-state index in [4.69, 9.17) is 23.2 Å². The van der Waals surface area contributed by atoms with Crippen LogP contribution in [0.15, 0.2) is 102 Å². The summed E-state index contributed by atoms with van der Waals surface area (Å²) in [6.45, 7) is -0.0478. The maximum absolute atomic E-state index is 13.7. The van der Waals surface area contributed by atoms with Crippen LogP contribution in [0, 0.1) is 5.82 Å². The molecule has 0 bridgehead atoms. The maximum Gasteiger partial charge on any atom is 0.248 e. The van der Waals surface area contributed by atoms with E-state index in [-0.39, 0.29) is 23.9 Å². The van der Waals surface area contributed by atoms with E-state index >= 15 is 0 Å². The Morgan fingerprint density at radius 1 is 0.921 bits per heavy atom. The fourth-order valence-corrected chi connectivity index (χ4v) is 5.42. The quantitative estimate of drug-likeness (QED) is 0.231. The zero-order chi connectivity index (χ0) is 27.1. The SMILES string of the molecule is O=C(/C=C/c1ccncc1)Nc1ccc(S(=O)(=O)N(Cc2ccc(F)cc2)Cc2ccc(Cl)cc2Cl)cc1. The van der Waals surface area contributed by atoms with Crippen LogP contribution in [0.3, 0.4) is 0 Å². The molecule has 10 heteroatoms. The lowest BCUT2D eigenvalue weighted by Crippen LogP contribution is -2.30. The van der Waals surface area contributed by atoms with Crippen LogP contribution in [0.4, 0.5) is 10.1 Å². The van der Waals surface area contributed by atoms with Gasteiger partial charge in [-0.05, 0) is 83.4 Å². The van der Waals surface area contributed by atoms with Gasteiger partial charge in [-0.1, -0.05) is 41.4 Å². The highest BCUT2D eigenvalue weighted by Gasteiger charge is 2.26. The van der Waals surface area contributed by atoms with E-state index in [9.17, 15) is 17.6 Å². The number of sulfonamides is 1. The molecule has 6 nitrogen and oxygen atoms in total. The molecule has 0 aliphatic rings. The third kappa shape index (κ3) is 7.26. The molecule has 4 aromatic rings. The number of aromatic nitrogens is 1. The minimum absolute atomic E-state index is 0.0140. The van der Waals surface area contributed by atoms with Crippen molar-refractivity contribution in [3.05, 3.63) is 130 Å². The summed E-state index contributed by atoms with van der Waals surface area (Å²) < 4.78 is 42.0. The van der Waals surface area contributed by atoms with Gasteiger partial charge in [0.1, 0.15) is 5.82 Å². The van der Waals surface area contributed by atoms with E-state index in [1.165, 1.54) is 58.9 Å². The first-order chi connectivity index (χ1) is 18.2. The smallest absolute Gasteiger partial charge is 0.248 e. The van der Waals surface area contributed by atoms with Gasteiger partial charge in [-0.3, -0.25) is 9.78 Å². The number of hydrogen-bond acceptors (Lipinski definition) is 4. The van der Waals surface area contributed by atoms with Crippen LogP contribution >= 0.6 is 23.2 Å². The Kier molecular flexibility index (Phi) is 8.91. The number of carbonyl (C=O) groups is 1. The van der Waals surface area contributed by atoms with Gasteiger partial charge >= 0.3 is 0 Å². The fraction of sp³-hybridized carbons (Fsp3) is 0.0714. The molecule has 1 heterocycles. The molecule has 38 heavy (non-hydrogen) atoms. The van der Waals surface area contributed by atoms with Crippen molar-refractivity contribution < 1.29 is 17.6 Å². The number of benzene rings is 3. The molecule has 0 fully saturated rings. The molecule has 1 N–H and O–H groups in total. The predicted octanol–water partition coefficient (Wildman–Crippen LogP) is 6.57. The molecule has 0 spiro atoms. The van der Waals surface area contributed by atoms with Crippen molar-refractivity contribution >= 4 is 50.9 Å². The molecule has 0 saturated carbocycles. The summed E-state index contributed by atoms with van der Waals surface area (Å²) >= 11 is 12.3. The van der Waals surface area contributed by atoms with Crippen molar-refractivity contribution in [3.8, 4) is 0 Å². The normalized spacial score (nSPS) is 11.7. The Bertz CT molecular complexity index is 1550. The lowest BCUT2D eigenvalue weighted by molar-refractivity contribution is -0.111. The summed E-state index contributed by atoms with van der Waals surface area (Å²) in [6.07, 6.45) is 6.26. The molecule has 1 aromatic heterocycles. The van der Waals surface area contributed by atoms with Crippen LogP contribution < -0.4 is 5.32 Å². The minimum Gasteiger partial charge on any atom is -0.323 e. The highest BCUT2D eigenvalue weighted by atomic mass is 35.5. The van der Waals surface area contributed by atoms with Crippen molar-refractivity contribution in [2.24, 2.45) is 0 Å². The highest BCUT2D eigenvalue weighted by Crippen LogP contribution is 2.27. The van der Waals surface area contributed by atoms with Crippen LogP contribution in [0.25, 0.3) is 6.08 Å². The summed E-state index contributed by atoms with van der Waals surface area (Å²) in [7, 11) is -4.01. The number of anilines is 1. The number of nitrogens with zero attached hydrogens (tertiary/aromatic N) is 2. The molecule has 0 aliphatic heterocycles. The maximum atomic E-state index is 13.7. The summed E-state index contributed by atoms with van der Waals surface area (Å²) in [6, 6.07) is 19.8. The lowest BCUT2D eigenvalue weighted by atomic mass is 10.2. The van der Waals surface area contributed by atoms with Gasteiger partial charge in [-0.25, -0.2) is 12.8 Å². The molecule has 0 unspecified atom stereocenters. The van der Waals surface area contributed by atoms with Gasteiger partial charge in [0.2, 0.25) is 15.9 Å². The fourth-order valence-electron chi connectivity index (χ4n) is 3.55. The van der Waals surface area contributed by atoms with Crippen LogP contribution in [0.1, 0.15) is 16.7 Å². The molecule has 0 saturated heterocycles. The van der Waals surface area contributed by atoms with E-state index < -0.39 is 15.8 Å². The summed E-state index contributed by atoms with van der Waals surface area (Å²) in [5.41, 5.74) is 2.41. The molecule has 0 radical (unpaired) electrons. The zero-order valence-electron chi connectivity index (χ0n) is 19.9. The lowest BCUT2D eigenvalue weighted by Gasteiger charge is -2.23. The monoisotopic (exact) mass is 569 g/mol. The average molecular weight is 570 g/mol. The summed E-state index contributed by atoms with van der Waals surface area (Å²) in [5.74, 6) is -0.787. The highest BCUT2D eigenvalue weighted by molar-refractivity contribution is 7.89. The largest absolute Gasteiger partial charge is 0.323 e. The molecule has 194 valence electrons. The number of amides is 1. The van der Waals surface area contributed by atoms with E-state index in [1.54, 1.807) is 48.8 Å². The minimum atomic E-state index is -4.01.